The molecule has 1 aliphatic heterocycles. The van der Waals surface area contributed by atoms with Crippen LogP contribution >= 0.6 is 0 Å². The van der Waals surface area contributed by atoms with Crippen LogP contribution in [0.1, 0.15) is 76.7 Å². The molecule has 0 unspecified atom stereocenters. The molecule has 1 amide bonds. The number of aliphatic imine (C=N–C) groups is 1. The van der Waals surface area contributed by atoms with Crippen molar-refractivity contribution in [3.05, 3.63) is 29.8 Å². The topological polar surface area (TPSA) is 105 Å². The molecule has 0 aromatic heterocycles. The number of benzene rings is 1. The standard InChI is InChI=1S/C24H33N3O5S/c1-17(25-23-20-14-8-9-15-21(20)33(30,31)26-23)24(29)32-16-22(28)27(18-10-4-2-5-11-18)19-12-6-3-7-13-19/h8-9,14-15,17-19H,2-7,10-13,16H2,1H3,(H,25,26)/t17-/m0/s1. The molecule has 180 valence electrons. The zero-order chi connectivity index (χ0) is 23.4. The largest absolute Gasteiger partial charge is 0.454 e. The number of rotatable bonds is 6. The Balaban J connectivity index is 1.40. The lowest BCUT2D eigenvalue weighted by Gasteiger charge is -2.41. The molecule has 3 aliphatic rings. The monoisotopic (exact) mass is 475 g/mol. The van der Waals surface area contributed by atoms with E-state index in [1.165, 1.54) is 25.8 Å². The van der Waals surface area contributed by atoms with Crippen LogP contribution in [0.25, 0.3) is 0 Å². The van der Waals surface area contributed by atoms with Gasteiger partial charge in [0, 0.05) is 17.6 Å². The van der Waals surface area contributed by atoms with Gasteiger partial charge in [0.15, 0.2) is 6.61 Å². The Morgan fingerprint density at radius 1 is 1.03 bits per heavy atom. The van der Waals surface area contributed by atoms with Crippen molar-refractivity contribution < 1.29 is 22.7 Å². The van der Waals surface area contributed by atoms with Gasteiger partial charge in [-0.2, -0.15) is 0 Å². The number of nitrogens with zero attached hydrogens (tertiary/aromatic N) is 2. The predicted molar refractivity (Wildman–Crippen MR) is 124 cm³/mol. The third kappa shape index (κ3) is 5.39. The van der Waals surface area contributed by atoms with Crippen molar-refractivity contribution in [2.75, 3.05) is 6.61 Å². The highest BCUT2D eigenvalue weighted by atomic mass is 32.2. The summed E-state index contributed by atoms with van der Waals surface area (Å²) in [6, 6.07) is 6.00. The summed E-state index contributed by atoms with van der Waals surface area (Å²) in [5.41, 5.74) is 0.425. The van der Waals surface area contributed by atoms with Gasteiger partial charge < -0.3 is 9.64 Å². The smallest absolute Gasteiger partial charge is 0.331 e. The normalized spacial score (nSPS) is 22.9. The van der Waals surface area contributed by atoms with Gasteiger partial charge >= 0.3 is 5.97 Å². The van der Waals surface area contributed by atoms with Gasteiger partial charge in [0.1, 0.15) is 11.9 Å². The number of hydrogen-bond acceptors (Lipinski definition) is 6. The summed E-state index contributed by atoms with van der Waals surface area (Å²) >= 11 is 0. The second-order valence-electron chi connectivity index (χ2n) is 9.25. The van der Waals surface area contributed by atoms with Crippen LogP contribution in [0.2, 0.25) is 0 Å². The fraction of sp³-hybridized carbons (Fsp3) is 0.625. The quantitative estimate of drug-likeness (QED) is 0.637. The molecule has 1 aromatic carbocycles. The van der Waals surface area contributed by atoms with Gasteiger partial charge in [-0.1, -0.05) is 50.7 Å². The van der Waals surface area contributed by atoms with Gasteiger partial charge in [-0.05, 0) is 44.7 Å². The third-order valence-corrected chi connectivity index (χ3v) is 8.29. The van der Waals surface area contributed by atoms with Crippen molar-refractivity contribution in [2.45, 2.75) is 94.2 Å². The SMILES string of the molecule is C[C@H](N=C1NS(=O)(=O)c2ccccc21)C(=O)OCC(=O)N(C1CCCCC1)C1CCCCC1. The Hall–Kier alpha value is -2.42. The molecule has 4 rings (SSSR count). The molecule has 8 nitrogen and oxygen atoms in total. The van der Waals surface area contributed by atoms with E-state index in [-0.39, 0.29) is 35.3 Å². The first-order valence-corrected chi connectivity index (χ1v) is 13.5. The van der Waals surface area contributed by atoms with Crippen LogP contribution in [0, 0.1) is 0 Å². The molecule has 0 bridgehead atoms. The minimum Gasteiger partial charge on any atom is -0.454 e. The number of fused-ring (bicyclic) bond motifs is 1. The van der Waals surface area contributed by atoms with E-state index in [2.05, 4.69) is 9.71 Å². The molecule has 33 heavy (non-hydrogen) atoms. The molecule has 1 aromatic rings. The number of esters is 1. The molecule has 0 radical (unpaired) electrons. The van der Waals surface area contributed by atoms with Crippen LogP contribution in [0.15, 0.2) is 34.2 Å². The number of ether oxygens (including phenoxy) is 1. The summed E-state index contributed by atoms with van der Waals surface area (Å²) in [4.78, 5) is 32.2. The van der Waals surface area contributed by atoms with E-state index in [9.17, 15) is 18.0 Å². The second-order valence-corrected chi connectivity index (χ2v) is 10.9. The zero-order valence-corrected chi connectivity index (χ0v) is 20.0. The van der Waals surface area contributed by atoms with Crippen molar-refractivity contribution in [3.8, 4) is 0 Å². The first-order chi connectivity index (χ1) is 15.9. The van der Waals surface area contributed by atoms with Crippen molar-refractivity contribution in [1.82, 2.24) is 9.62 Å². The number of amides is 1. The first-order valence-electron chi connectivity index (χ1n) is 12.0. The molecular formula is C24H33N3O5S. The molecule has 0 spiro atoms. The van der Waals surface area contributed by atoms with Crippen LogP contribution < -0.4 is 4.72 Å². The maximum Gasteiger partial charge on any atom is 0.331 e. The Labute approximate surface area is 195 Å². The molecule has 9 heteroatoms. The van der Waals surface area contributed by atoms with Gasteiger partial charge in [0.2, 0.25) is 0 Å². The van der Waals surface area contributed by atoms with E-state index in [1.807, 2.05) is 4.90 Å². The fourth-order valence-corrected chi connectivity index (χ4v) is 6.47. The molecule has 0 saturated heterocycles. The highest BCUT2D eigenvalue weighted by Gasteiger charge is 2.34. The average Bonchev–Trinajstić information content (AvgIpc) is 3.09. The number of carbonyl (C=O) groups is 2. The summed E-state index contributed by atoms with van der Waals surface area (Å²) in [5.74, 6) is -0.659. The second kappa shape index (κ2) is 10.2. The van der Waals surface area contributed by atoms with E-state index < -0.39 is 22.0 Å². The summed E-state index contributed by atoms with van der Waals surface area (Å²) in [6.45, 7) is 1.23. The summed E-state index contributed by atoms with van der Waals surface area (Å²) < 4.78 is 32.2. The minimum atomic E-state index is -3.68. The van der Waals surface area contributed by atoms with Crippen molar-refractivity contribution >= 4 is 27.7 Å². The van der Waals surface area contributed by atoms with Crippen LogP contribution in [-0.4, -0.2) is 55.8 Å². The molecule has 1 heterocycles. The van der Waals surface area contributed by atoms with Crippen molar-refractivity contribution in [3.63, 3.8) is 0 Å². The molecule has 2 aliphatic carbocycles. The number of hydrogen-bond donors (Lipinski definition) is 1. The summed E-state index contributed by atoms with van der Waals surface area (Å²) in [6.07, 6.45) is 11.0. The fourth-order valence-electron chi connectivity index (χ4n) is 5.23. The van der Waals surface area contributed by atoms with E-state index >= 15 is 0 Å². The van der Waals surface area contributed by atoms with E-state index in [0.29, 0.717) is 5.56 Å². The maximum atomic E-state index is 13.2. The lowest BCUT2D eigenvalue weighted by atomic mass is 9.88. The predicted octanol–water partition coefficient (Wildman–Crippen LogP) is 3.15. The Bertz CT molecular complexity index is 993. The lowest BCUT2D eigenvalue weighted by Crippen LogP contribution is -2.50. The number of carbonyl (C=O) groups excluding carboxylic acids is 2. The van der Waals surface area contributed by atoms with E-state index in [1.54, 1.807) is 18.2 Å². The zero-order valence-electron chi connectivity index (χ0n) is 19.2. The van der Waals surface area contributed by atoms with Gasteiger partial charge in [-0.3, -0.25) is 14.5 Å². The van der Waals surface area contributed by atoms with Crippen LogP contribution in [0.5, 0.6) is 0 Å². The minimum absolute atomic E-state index is 0.118. The average molecular weight is 476 g/mol. The van der Waals surface area contributed by atoms with Crippen LogP contribution in [-0.2, 0) is 24.3 Å². The lowest BCUT2D eigenvalue weighted by molar-refractivity contribution is -0.155. The van der Waals surface area contributed by atoms with Crippen LogP contribution in [0.3, 0.4) is 0 Å². The first kappa shape index (κ1) is 23.7. The third-order valence-electron chi connectivity index (χ3n) is 6.89. The summed E-state index contributed by atoms with van der Waals surface area (Å²) in [5, 5.41) is 0. The number of nitrogens with one attached hydrogen (secondary N) is 1. The molecular weight excluding hydrogens is 442 g/mol. The van der Waals surface area contributed by atoms with Gasteiger partial charge in [-0.25, -0.2) is 13.2 Å². The highest BCUT2D eigenvalue weighted by Crippen LogP contribution is 2.30. The van der Waals surface area contributed by atoms with Gasteiger partial charge in [-0.15, -0.1) is 0 Å². The van der Waals surface area contributed by atoms with E-state index in [0.717, 1.165) is 51.4 Å². The Morgan fingerprint density at radius 3 is 2.21 bits per heavy atom. The van der Waals surface area contributed by atoms with Crippen molar-refractivity contribution in [2.24, 2.45) is 4.99 Å². The van der Waals surface area contributed by atoms with Gasteiger partial charge in [0.25, 0.3) is 15.9 Å². The van der Waals surface area contributed by atoms with Crippen molar-refractivity contribution in [1.29, 1.82) is 0 Å². The van der Waals surface area contributed by atoms with Gasteiger partial charge in [0.05, 0.1) is 4.90 Å². The molecule has 1 N–H and O–H groups in total. The number of sulfonamides is 1. The maximum absolute atomic E-state index is 13.2. The number of amidine groups is 1. The Kier molecular flexibility index (Phi) is 7.36. The summed E-state index contributed by atoms with van der Waals surface area (Å²) in [7, 11) is -3.68. The van der Waals surface area contributed by atoms with E-state index in [4.69, 9.17) is 4.74 Å². The Morgan fingerprint density at radius 2 is 1.61 bits per heavy atom. The molecule has 1 atom stereocenters. The highest BCUT2D eigenvalue weighted by molar-refractivity contribution is 7.90. The molecule has 2 saturated carbocycles. The van der Waals surface area contributed by atoms with Crippen LogP contribution in [0.4, 0.5) is 0 Å². The molecule has 2 fully saturated rings.